The lowest BCUT2D eigenvalue weighted by molar-refractivity contribution is -0.131. The minimum Gasteiger partial charge on any atom is -0.444 e. The molecule has 4 nitrogen and oxygen atoms in total. The number of ketones is 1. The van der Waals surface area contributed by atoms with Gasteiger partial charge in [-0.15, -0.1) is 0 Å². The number of hydrogen-bond acceptors (Lipinski definition) is 3. The van der Waals surface area contributed by atoms with E-state index in [-0.39, 0.29) is 24.7 Å². The van der Waals surface area contributed by atoms with Crippen LogP contribution in [0, 0.1) is 5.92 Å². The second-order valence-corrected chi connectivity index (χ2v) is 6.69. The lowest BCUT2D eigenvalue weighted by atomic mass is 9.86. The molecular formula is C14H24FNO3. The van der Waals surface area contributed by atoms with Gasteiger partial charge in [0, 0.05) is 12.3 Å². The normalized spacial score (nSPS) is 27.8. The van der Waals surface area contributed by atoms with Crippen LogP contribution in [0.5, 0.6) is 0 Å². The summed E-state index contributed by atoms with van der Waals surface area (Å²) >= 11 is 0. The highest BCUT2D eigenvalue weighted by molar-refractivity contribution is 5.93. The topological polar surface area (TPSA) is 46.6 Å². The van der Waals surface area contributed by atoms with Gasteiger partial charge in [0.05, 0.1) is 6.54 Å². The highest BCUT2D eigenvalue weighted by atomic mass is 19.1. The van der Waals surface area contributed by atoms with E-state index in [1.54, 1.807) is 41.5 Å². The summed E-state index contributed by atoms with van der Waals surface area (Å²) in [5.41, 5.74) is -1.76. The van der Waals surface area contributed by atoms with Gasteiger partial charge in [-0.3, -0.25) is 9.69 Å². The van der Waals surface area contributed by atoms with Crippen molar-refractivity contribution < 1.29 is 18.7 Å². The van der Waals surface area contributed by atoms with E-state index < -0.39 is 23.4 Å². The van der Waals surface area contributed by atoms with Crippen LogP contribution in [0.25, 0.3) is 0 Å². The molecule has 0 radical (unpaired) electrons. The summed E-state index contributed by atoms with van der Waals surface area (Å²) < 4.78 is 18.9. The van der Waals surface area contributed by atoms with E-state index in [0.29, 0.717) is 0 Å². The van der Waals surface area contributed by atoms with Crippen LogP contribution >= 0.6 is 0 Å². The number of carbonyl (C=O) groups is 2. The lowest BCUT2D eigenvalue weighted by Gasteiger charge is -2.35. The first-order chi connectivity index (χ1) is 8.47. The van der Waals surface area contributed by atoms with E-state index in [1.165, 1.54) is 4.90 Å². The SMILES string of the molecule is CC(C)C(=O)[C@@]1(C)C[C@@H](F)CN1C(=O)OC(C)(C)C. The number of nitrogens with zero attached hydrogens (tertiary/aromatic N) is 1. The van der Waals surface area contributed by atoms with Crippen LogP contribution in [-0.2, 0) is 9.53 Å². The molecule has 1 heterocycles. The Kier molecular flexibility index (Phi) is 4.27. The van der Waals surface area contributed by atoms with E-state index in [2.05, 4.69) is 0 Å². The van der Waals surface area contributed by atoms with Crippen molar-refractivity contribution in [3.63, 3.8) is 0 Å². The molecule has 1 saturated heterocycles. The van der Waals surface area contributed by atoms with Crippen LogP contribution in [0.4, 0.5) is 9.18 Å². The van der Waals surface area contributed by atoms with Gasteiger partial charge in [0.15, 0.2) is 5.78 Å². The number of rotatable bonds is 2. The summed E-state index contributed by atoms with van der Waals surface area (Å²) in [6, 6.07) is 0. The molecule has 0 aromatic rings. The smallest absolute Gasteiger partial charge is 0.411 e. The number of likely N-dealkylation sites (tertiary alicyclic amines) is 1. The zero-order chi connectivity index (χ0) is 15.0. The Morgan fingerprint density at radius 1 is 1.37 bits per heavy atom. The highest BCUT2D eigenvalue weighted by Gasteiger charge is 2.51. The predicted octanol–water partition coefficient (Wildman–Crippen LogP) is 2.95. The van der Waals surface area contributed by atoms with Crippen molar-refractivity contribution in [1.29, 1.82) is 0 Å². The van der Waals surface area contributed by atoms with E-state index in [9.17, 15) is 14.0 Å². The van der Waals surface area contributed by atoms with Crippen LogP contribution in [0.2, 0.25) is 0 Å². The standard InChI is InChI=1S/C14H24FNO3/c1-9(2)11(17)14(6)7-10(15)8-16(14)12(18)19-13(3,4)5/h9-10H,7-8H2,1-6H3/t10-,14-/m1/s1. The lowest BCUT2D eigenvalue weighted by Crippen LogP contribution is -2.53. The van der Waals surface area contributed by atoms with Crippen molar-refractivity contribution >= 4 is 11.9 Å². The summed E-state index contributed by atoms with van der Waals surface area (Å²) in [6.45, 7) is 10.3. The van der Waals surface area contributed by atoms with Gasteiger partial charge < -0.3 is 4.74 Å². The number of Topliss-reactive ketones (excluding diaryl/α,β-unsaturated/α-hetero) is 1. The molecule has 0 unspecified atom stereocenters. The molecule has 0 aromatic heterocycles. The van der Waals surface area contributed by atoms with Gasteiger partial charge in [-0.05, 0) is 27.7 Å². The van der Waals surface area contributed by atoms with Crippen molar-refractivity contribution in [1.82, 2.24) is 4.90 Å². The summed E-state index contributed by atoms with van der Waals surface area (Å²) in [6.07, 6.45) is -1.76. The maximum atomic E-state index is 13.7. The third kappa shape index (κ3) is 3.45. The first-order valence-electron chi connectivity index (χ1n) is 6.66. The van der Waals surface area contributed by atoms with Crippen molar-refractivity contribution in [2.75, 3.05) is 6.54 Å². The molecule has 2 atom stereocenters. The van der Waals surface area contributed by atoms with Gasteiger partial charge in [0.2, 0.25) is 0 Å². The Labute approximate surface area is 114 Å². The van der Waals surface area contributed by atoms with Crippen LogP contribution in [-0.4, -0.2) is 40.6 Å². The van der Waals surface area contributed by atoms with Gasteiger partial charge in [0.1, 0.15) is 17.3 Å². The van der Waals surface area contributed by atoms with Gasteiger partial charge in [0.25, 0.3) is 0 Å². The molecule has 1 fully saturated rings. The largest absolute Gasteiger partial charge is 0.444 e. The minimum atomic E-state index is -1.18. The van der Waals surface area contributed by atoms with Gasteiger partial charge in [-0.1, -0.05) is 13.8 Å². The fraction of sp³-hybridized carbons (Fsp3) is 0.857. The molecule has 0 spiro atoms. The first-order valence-corrected chi connectivity index (χ1v) is 6.66. The molecule has 1 aliphatic heterocycles. The Balaban J connectivity index is 2.97. The number of amides is 1. The number of halogens is 1. The summed E-state index contributed by atoms with van der Waals surface area (Å²) in [7, 11) is 0. The second-order valence-electron chi connectivity index (χ2n) is 6.69. The summed E-state index contributed by atoms with van der Waals surface area (Å²) in [5, 5.41) is 0. The Morgan fingerprint density at radius 2 is 1.89 bits per heavy atom. The van der Waals surface area contributed by atoms with Crippen LogP contribution < -0.4 is 0 Å². The Morgan fingerprint density at radius 3 is 2.32 bits per heavy atom. The first kappa shape index (κ1) is 15.9. The van der Waals surface area contributed by atoms with Crippen molar-refractivity contribution in [2.45, 2.75) is 65.3 Å². The maximum Gasteiger partial charge on any atom is 0.411 e. The zero-order valence-corrected chi connectivity index (χ0v) is 12.6. The van der Waals surface area contributed by atoms with Gasteiger partial charge in [-0.25, -0.2) is 9.18 Å². The minimum absolute atomic E-state index is 0.0449. The number of alkyl halides is 1. The molecule has 19 heavy (non-hydrogen) atoms. The molecule has 1 aliphatic rings. The highest BCUT2D eigenvalue weighted by Crippen LogP contribution is 2.35. The average molecular weight is 273 g/mol. The molecule has 110 valence electrons. The summed E-state index contributed by atoms with van der Waals surface area (Å²) in [4.78, 5) is 25.7. The monoisotopic (exact) mass is 273 g/mol. The fourth-order valence-corrected chi connectivity index (χ4v) is 2.45. The van der Waals surface area contributed by atoms with Crippen LogP contribution in [0.15, 0.2) is 0 Å². The van der Waals surface area contributed by atoms with Gasteiger partial charge >= 0.3 is 6.09 Å². The quantitative estimate of drug-likeness (QED) is 0.777. The number of carbonyl (C=O) groups excluding carboxylic acids is 2. The second kappa shape index (κ2) is 5.10. The van der Waals surface area contributed by atoms with E-state index in [4.69, 9.17) is 4.74 Å². The van der Waals surface area contributed by atoms with E-state index in [0.717, 1.165) is 0 Å². The zero-order valence-electron chi connectivity index (χ0n) is 12.6. The maximum absolute atomic E-state index is 13.7. The van der Waals surface area contributed by atoms with Gasteiger partial charge in [-0.2, -0.15) is 0 Å². The summed E-state index contributed by atoms with van der Waals surface area (Å²) in [5.74, 6) is -0.376. The molecule has 1 rings (SSSR count). The van der Waals surface area contributed by atoms with Crippen molar-refractivity contribution in [2.24, 2.45) is 5.92 Å². The third-order valence-electron chi connectivity index (χ3n) is 3.26. The van der Waals surface area contributed by atoms with E-state index in [1.807, 2.05) is 0 Å². The molecular weight excluding hydrogens is 249 g/mol. The number of ether oxygens (including phenoxy) is 1. The van der Waals surface area contributed by atoms with E-state index >= 15 is 0 Å². The van der Waals surface area contributed by atoms with Crippen LogP contribution in [0.1, 0.15) is 48.0 Å². The van der Waals surface area contributed by atoms with Crippen molar-refractivity contribution in [3.05, 3.63) is 0 Å². The molecule has 5 heteroatoms. The molecule has 0 aromatic carbocycles. The average Bonchev–Trinajstić information content (AvgIpc) is 2.51. The molecule has 0 saturated carbocycles. The predicted molar refractivity (Wildman–Crippen MR) is 70.7 cm³/mol. The van der Waals surface area contributed by atoms with Crippen LogP contribution in [0.3, 0.4) is 0 Å². The molecule has 0 bridgehead atoms. The third-order valence-corrected chi connectivity index (χ3v) is 3.26. The molecule has 0 N–H and O–H groups in total. The Bertz CT molecular complexity index is 375. The molecule has 0 aliphatic carbocycles. The Hall–Kier alpha value is -1.13. The fourth-order valence-electron chi connectivity index (χ4n) is 2.45. The number of hydrogen-bond donors (Lipinski definition) is 0. The van der Waals surface area contributed by atoms with Crippen molar-refractivity contribution in [3.8, 4) is 0 Å². The molecule has 1 amide bonds.